The first kappa shape index (κ1) is 24.0. The number of rotatable bonds is 7. The molecule has 0 aliphatic rings. The Morgan fingerprint density at radius 1 is 0.971 bits per heavy atom. The van der Waals surface area contributed by atoms with Gasteiger partial charge in [-0.05, 0) is 35.2 Å². The van der Waals surface area contributed by atoms with Crippen LogP contribution in [0.3, 0.4) is 0 Å². The Hall–Kier alpha value is -4.11. The Balaban J connectivity index is 1.59. The SMILES string of the molecule is O=C(O)N(CCOCc1ccccc1)c1ccc2cc(-c3ccccc3C(F)(F)F)[nH]c(=O)c2c1. The van der Waals surface area contributed by atoms with Crippen LogP contribution in [-0.4, -0.2) is 29.3 Å². The van der Waals surface area contributed by atoms with Gasteiger partial charge in [-0.3, -0.25) is 9.69 Å². The molecular formula is C26H21F3N2O4. The fourth-order valence-corrected chi connectivity index (χ4v) is 3.78. The monoisotopic (exact) mass is 482 g/mol. The van der Waals surface area contributed by atoms with Crippen LogP contribution in [0, 0.1) is 0 Å². The highest BCUT2D eigenvalue weighted by Crippen LogP contribution is 2.36. The van der Waals surface area contributed by atoms with Crippen molar-refractivity contribution in [3.63, 3.8) is 0 Å². The summed E-state index contributed by atoms with van der Waals surface area (Å²) < 4.78 is 45.9. The van der Waals surface area contributed by atoms with E-state index in [1.54, 1.807) is 0 Å². The lowest BCUT2D eigenvalue weighted by atomic mass is 10.0. The second-order valence-electron chi connectivity index (χ2n) is 7.80. The van der Waals surface area contributed by atoms with Crippen molar-refractivity contribution >= 4 is 22.6 Å². The molecule has 4 rings (SSSR count). The maximum Gasteiger partial charge on any atom is 0.417 e. The van der Waals surface area contributed by atoms with E-state index >= 15 is 0 Å². The molecule has 35 heavy (non-hydrogen) atoms. The number of ether oxygens (including phenoxy) is 1. The number of H-pyrrole nitrogens is 1. The number of nitrogens with zero attached hydrogens (tertiary/aromatic N) is 1. The number of alkyl halides is 3. The molecule has 6 nitrogen and oxygen atoms in total. The van der Waals surface area contributed by atoms with Crippen molar-refractivity contribution in [3.8, 4) is 11.3 Å². The number of halogens is 3. The molecule has 3 aromatic carbocycles. The molecule has 1 heterocycles. The maximum atomic E-state index is 13.4. The summed E-state index contributed by atoms with van der Waals surface area (Å²) in [6.07, 6.45) is -5.81. The molecule has 0 unspecified atom stereocenters. The van der Waals surface area contributed by atoms with Gasteiger partial charge in [-0.2, -0.15) is 13.2 Å². The molecule has 9 heteroatoms. The van der Waals surface area contributed by atoms with Gasteiger partial charge in [0, 0.05) is 22.3 Å². The van der Waals surface area contributed by atoms with E-state index in [1.807, 2.05) is 30.3 Å². The molecule has 0 saturated heterocycles. The first-order chi connectivity index (χ1) is 16.7. The van der Waals surface area contributed by atoms with Gasteiger partial charge < -0.3 is 14.8 Å². The summed E-state index contributed by atoms with van der Waals surface area (Å²) in [5, 5.41) is 10.2. The topological polar surface area (TPSA) is 82.6 Å². The van der Waals surface area contributed by atoms with Crippen LogP contribution in [-0.2, 0) is 17.5 Å². The third-order valence-electron chi connectivity index (χ3n) is 5.47. The van der Waals surface area contributed by atoms with Crippen LogP contribution in [0.1, 0.15) is 11.1 Å². The van der Waals surface area contributed by atoms with Crippen LogP contribution in [0.5, 0.6) is 0 Å². The molecular weight excluding hydrogens is 461 g/mol. The maximum absolute atomic E-state index is 13.4. The lowest BCUT2D eigenvalue weighted by Crippen LogP contribution is -2.32. The molecule has 0 fully saturated rings. The van der Waals surface area contributed by atoms with Crippen LogP contribution >= 0.6 is 0 Å². The number of aromatic amines is 1. The average molecular weight is 482 g/mol. The highest BCUT2D eigenvalue weighted by atomic mass is 19.4. The number of anilines is 1. The summed E-state index contributed by atoms with van der Waals surface area (Å²) in [4.78, 5) is 28.2. The van der Waals surface area contributed by atoms with Crippen molar-refractivity contribution < 1.29 is 27.8 Å². The van der Waals surface area contributed by atoms with Crippen LogP contribution in [0.15, 0.2) is 83.7 Å². The van der Waals surface area contributed by atoms with Crippen molar-refractivity contribution in [2.75, 3.05) is 18.1 Å². The zero-order valence-electron chi connectivity index (χ0n) is 18.4. The quantitative estimate of drug-likeness (QED) is 0.321. The molecule has 0 saturated carbocycles. The summed E-state index contributed by atoms with van der Waals surface area (Å²) in [6, 6.07) is 20.3. The lowest BCUT2D eigenvalue weighted by molar-refractivity contribution is -0.137. The van der Waals surface area contributed by atoms with Gasteiger partial charge in [0.15, 0.2) is 0 Å². The molecule has 0 atom stereocenters. The van der Waals surface area contributed by atoms with E-state index in [4.69, 9.17) is 4.74 Å². The van der Waals surface area contributed by atoms with Crippen molar-refractivity contribution in [2.24, 2.45) is 0 Å². The predicted molar refractivity (Wildman–Crippen MR) is 126 cm³/mol. The largest absolute Gasteiger partial charge is 0.465 e. The van der Waals surface area contributed by atoms with E-state index in [2.05, 4.69) is 4.98 Å². The summed E-state index contributed by atoms with van der Waals surface area (Å²) in [5.74, 6) is 0. The Labute approximate surface area is 198 Å². The molecule has 0 spiro atoms. The normalized spacial score (nSPS) is 11.5. The molecule has 180 valence electrons. The van der Waals surface area contributed by atoms with Gasteiger partial charge >= 0.3 is 12.3 Å². The summed E-state index contributed by atoms with van der Waals surface area (Å²) >= 11 is 0. The first-order valence-corrected chi connectivity index (χ1v) is 10.7. The van der Waals surface area contributed by atoms with Crippen LogP contribution in [0.4, 0.5) is 23.7 Å². The van der Waals surface area contributed by atoms with E-state index in [-0.39, 0.29) is 35.5 Å². The van der Waals surface area contributed by atoms with Gasteiger partial charge in [-0.15, -0.1) is 0 Å². The van der Waals surface area contributed by atoms with Crippen molar-refractivity contribution in [1.29, 1.82) is 0 Å². The number of aromatic nitrogens is 1. The van der Waals surface area contributed by atoms with Crippen LogP contribution in [0.2, 0.25) is 0 Å². The van der Waals surface area contributed by atoms with Crippen molar-refractivity contribution in [3.05, 3.63) is 100 Å². The average Bonchev–Trinajstić information content (AvgIpc) is 2.84. The minimum absolute atomic E-state index is 0.0209. The number of benzene rings is 3. The zero-order chi connectivity index (χ0) is 25.0. The van der Waals surface area contributed by atoms with E-state index in [0.29, 0.717) is 12.0 Å². The van der Waals surface area contributed by atoms with Crippen molar-refractivity contribution in [1.82, 2.24) is 4.98 Å². The highest BCUT2D eigenvalue weighted by Gasteiger charge is 2.33. The summed E-state index contributed by atoms with van der Waals surface area (Å²) in [7, 11) is 0. The van der Waals surface area contributed by atoms with E-state index in [9.17, 15) is 27.9 Å². The second-order valence-corrected chi connectivity index (χ2v) is 7.80. The summed E-state index contributed by atoms with van der Waals surface area (Å²) in [5.41, 5.74) is -0.406. The second kappa shape index (κ2) is 10.0. The molecule has 0 radical (unpaired) electrons. The fourth-order valence-electron chi connectivity index (χ4n) is 3.78. The molecule has 1 amide bonds. The smallest absolute Gasteiger partial charge is 0.417 e. The number of hydrogen-bond donors (Lipinski definition) is 2. The Morgan fingerprint density at radius 3 is 2.40 bits per heavy atom. The van der Waals surface area contributed by atoms with Gasteiger partial charge in [-0.1, -0.05) is 54.6 Å². The van der Waals surface area contributed by atoms with Gasteiger partial charge in [0.2, 0.25) is 0 Å². The van der Waals surface area contributed by atoms with Crippen molar-refractivity contribution in [2.45, 2.75) is 12.8 Å². The minimum atomic E-state index is -4.59. The molecule has 0 bridgehead atoms. The Bertz CT molecular complexity index is 1400. The predicted octanol–water partition coefficient (Wildman–Crippen LogP) is 5.92. The Kier molecular flexibility index (Phi) is 6.88. The van der Waals surface area contributed by atoms with Gasteiger partial charge in [0.05, 0.1) is 25.3 Å². The number of pyridine rings is 1. The standard InChI is InChI=1S/C26H21F3N2O4/c27-26(28,29)22-9-5-4-8-20(22)23-14-18-10-11-19(15-21(18)24(32)30-23)31(25(33)34)12-13-35-16-17-6-2-1-3-7-17/h1-11,14-15H,12-13,16H2,(H,30,32)(H,33,34). The van der Waals surface area contributed by atoms with Crippen LogP contribution in [0.25, 0.3) is 22.0 Å². The third-order valence-corrected chi connectivity index (χ3v) is 5.47. The van der Waals surface area contributed by atoms with Gasteiger partial charge in [-0.25, -0.2) is 4.79 Å². The number of carboxylic acid groups (broad SMARTS) is 1. The number of nitrogens with one attached hydrogen (secondary N) is 1. The zero-order valence-corrected chi connectivity index (χ0v) is 18.4. The van der Waals surface area contributed by atoms with E-state index in [1.165, 1.54) is 42.5 Å². The van der Waals surface area contributed by atoms with Crippen LogP contribution < -0.4 is 10.5 Å². The highest BCUT2D eigenvalue weighted by molar-refractivity contribution is 5.93. The number of amides is 1. The first-order valence-electron chi connectivity index (χ1n) is 10.7. The minimum Gasteiger partial charge on any atom is -0.465 e. The number of fused-ring (bicyclic) bond motifs is 1. The third kappa shape index (κ3) is 5.52. The van der Waals surface area contributed by atoms with E-state index < -0.39 is 23.4 Å². The lowest BCUT2D eigenvalue weighted by Gasteiger charge is -2.20. The van der Waals surface area contributed by atoms with E-state index in [0.717, 1.165) is 16.5 Å². The fraction of sp³-hybridized carbons (Fsp3) is 0.154. The number of carbonyl (C=O) groups is 1. The summed E-state index contributed by atoms with van der Waals surface area (Å²) in [6.45, 7) is 0.485. The molecule has 0 aliphatic carbocycles. The number of hydrogen-bond acceptors (Lipinski definition) is 3. The molecule has 2 N–H and O–H groups in total. The Morgan fingerprint density at radius 2 is 1.69 bits per heavy atom. The molecule has 1 aromatic heterocycles. The van der Waals surface area contributed by atoms with Gasteiger partial charge in [0.25, 0.3) is 5.56 Å². The molecule has 0 aliphatic heterocycles. The molecule has 4 aromatic rings. The van der Waals surface area contributed by atoms with Gasteiger partial charge in [0.1, 0.15) is 0 Å².